The Labute approximate surface area is 118 Å². The summed E-state index contributed by atoms with van der Waals surface area (Å²) in [5, 5.41) is 0. The lowest BCUT2D eigenvalue weighted by Crippen LogP contribution is -2.53. The van der Waals surface area contributed by atoms with Crippen LogP contribution in [0.2, 0.25) is 4.34 Å². The molecule has 1 aromatic heterocycles. The van der Waals surface area contributed by atoms with Gasteiger partial charge in [-0.1, -0.05) is 24.9 Å². The van der Waals surface area contributed by atoms with Crippen LogP contribution >= 0.6 is 22.9 Å². The van der Waals surface area contributed by atoms with Crippen molar-refractivity contribution in [3.8, 4) is 0 Å². The molecular formula is C14H20ClNOS. The third-order valence-corrected chi connectivity index (χ3v) is 5.26. The number of likely N-dealkylation sites (tertiary alicyclic amines) is 1. The Morgan fingerprint density at radius 1 is 1.39 bits per heavy atom. The van der Waals surface area contributed by atoms with Crippen LogP contribution in [-0.2, 0) is 0 Å². The number of piperidine rings is 1. The Balaban J connectivity index is 2.22. The van der Waals surface area contributed by atoms with Crippen molar-refractivity contribution in [1.29, 1.82) is 0 Å². The van der Waals surface area contributed by atoms with Gasteiger partial charge in [0.15, 0.2) is 5.78 Å². The maximum absolute atomic E-state index is 12.7. The third-order valence-electron chi connectivity index (χ3n) is 4.03. The van der Waals surface area contributed by atoms with Crippen molar-refractivity contribution in [2.75, 3.05) is 13.1 Å². The molecule has 1 aliphatic heterocycles. The van der Waals surface area contributed by atoms with Gasteiger partial charge in [-0.15, -0.1) is 11.3 Å². The molecule has 0 bridgehead atoms. The van der Waals surface area contributed by atoms with Gasteiger partial charge in [0.25, 0.3) is 0 Å². The van der Waals surface area contributed by atoms with Crippen LogP contribution in [0.4, 0.5) is 0 Å². The number of carbonyl (C=O) groups excluding carboxylic acids is 1. The van der Waals surface area contributed by atoms with Crippen LogP contribution in [0.25, 0.3) is 0 Å². The zero-order valence-corrected chi connectivity index (χ0v) is 12.6. The molecule has 1 aromatic rings. The molecule has 1 fully saturated rings. The van der Waals surface area contributed by atoms with Gasteiger partial charge in [-0.05, 0) is 51.4 Å². The summed E-state index contributed by atoms with van der Waals surface area (Å²) in [6, 6.07) is 3.67. The molecule has 1 saturated heterocycles. The summed E-state index contributed by atoms with van der Waals surface area (Å²) >= 11 is 7.33. The van der Waals surface area contributed by atoms with E-state index in [2.05, 4.69) is 18.7 Å². The number of Topliss-reactive ketones (excluding diaryl/α,β-unsaturated/α-hetero) is 1. The minimum absolute atomic E-state index is 0.226. The van der Waals surface area contributed by atoms with Crippen LogP contribution in [0.5, 0.6) is 0 Å². The molecule has 0 saturated carbocycles. The number of nitrogens with zero attached hydrogens (tertiary/aromatic N) is 1. The van der Waals surface area contributed by atoms with Crippen molar-refractivity contribution in [3.63, 3.8) is 0 Å². The van der Waals surface area contributed by atoms with E-state index in [0.717, 1.165) is 24.4 Å². The summed E-state index contributed by atoms with van der Waals surface area (Å²) in [7, 11) is 0. The van der Waals surface area contributed by atoms with Gasteiger partial charge < -0.3 is 0 Å². The molecule has 1 atom stereocenters. The normalized spacial score (nSPS) is 20.6. The molecule has 2 rings (SSSR count). The summed E-state index contributed by atoms with van der Waals surface area (Å²) < 4.78 is 0.690. The van der Waals surface area contributed by atoms with Gasteiger partial charge in [0, 0.05) is 0 Å². The Kier molecular flexibility index (Phi) is 4.46. The van der Waals surface area contributed by atoms with Crippen molar-refractivity contribution in [1.82, 2.24) is 4.90 Å². The van der Waals surface area contributed by atoms with E-state index in [4.69, 9.17) is 11.6 Å². The number of carbonyl (C=O) groups is 1. The van der Waals surface area contributed by atoms with Crippen molar-refractivity contribution in [2.24, 2.45) is 0 Å². The molecule has 18 heavy (non-hydrogen) atoms. The van der Waals surface area contributed by atoms with Crippen LogP contribution in [-0.4, -0.2) is 29.3 Å². The molecule has 0 radical (unpaired) electrons. The number of thiophene rings is 1. The quantitative estimate of drug-likeness (QED) is 0.771. The van der Waals surface area contributed by atoms with E-state index >= 15 is 0 Å². The fourth-order valence-electron chi connectivity index (χ4n) is 2.62. The van der Waals surface area contributed by atoms with Crippen molar-refractivity contribution in [3.05, 3.63) is 21.3 Å². The minimum atomic E-state index is -0.366. The summed E-state index contributed by atoms with van der Waals surface area (Å²) in [5.74, 6) is 0.226. The zero-order valence-electron chi connectivity index (χ0n) is 11.0. The Morgan fingerprint density at radius 3 is 2.56 bits per heavy atom. The van der Waals surface area contributed by atoms with Gasteiger partial charge in [0.2, 0.25) is 0 Å². The van der Waals surface area contributed by atoms with Crippen LogP contribution < -0.4 is 0 Å². The van der Waals surface area contributed by atoms with Gasteiger partial charge >= 0.3 is 0 Å². The highest BCUT2D eigenvalue weighted by atomic mass is 35.5. The minimum Gasteiger partial charge on any atom is -0.291 e. The molecule has 0 N–H and O–H groups in total. The van der Waals surface area contributed by atoms with E-state index < -0.39 is 0 Å². The standard InChI is InChI=1S/C14H20ClNOS/c1-3-14(2,16-9-5-4-6-10-16)13(17)11-7-8-12(15)18-11/h7-8H,3-6,9-10H2,1-2H3. The maximum atomic E-state index is 12.7. The summed E-state index contributed by atoms with van der Waals surface area (Å²) in [5.41, 5.74) is -0.366. The van der Waals surface area contributed by atoms with Crippen LogP contribution in [0, 0.1) is 0 Å². The fourth-order valence-corrected chi connectivity index (χ4v) is 3.72. The molecule has 100 valence electrons. The molecule has 0 spiro atoms. The van der Waals surface area contributed by atoms with Crippen LogP contribution in [0.1, 0.15) is 49.2 Å². The summed E-state index contributed by atoms with van der Waals surface area (Å²) in [6.45, 7) is 6.25. The largest absolute Gasteiger partial charge is 0.291 e. The SMILES string of the molecule is CCC(C)(C(=O)c1ccc(Cl)s1)N1CCCCC1. The van der Waals surface area contributed by atoms with Gasteiger partial charge in [-0.2, -0.15) is 0 Å². The first kappa shape index (κ1) is 14.0. The first-order chi connectivity index (χ1) is 8.58. The lowest BCUT2D eigenvalue weighted by molar-refractivity contribution is 0.0510. The molecule has 0 aromatic carbocycles. The van der Waals surface area contributed by atoms with E-state index in [0.29, 0.717) is 4.34 Å². The zero-order chi connectivity index (χ0) is 13.2. The Morgan fingerprint density at radius 2 is 2.06 bits per heavy atom. The summed E-state index contributed by atoms with van der Waals surface area (Å²) in [4.78, 5) is 15.9. The van der Waals surface area contributed by atoms with Crippen molar-refractivity contribution in [2.45, 2.75) is 45.1 Å². The number of rotatable bonds is 4. The molecule has 1 aliphatic rings. The van der Waals surface area contributed by atoms with Crippen molar-refractivity contribution < 1.29 is 4.79 Å². The molecule has 4 heteroatoms. The highest BCUT2D eigenvalue weighted by Gasteiger charge is 2.39. The van der Waals surface area contributed by atoms with E-state index in [1.165, 1.54) is 30.6 Å². The maximum Gasteiger partial charge on any atom is 0.192 e. The molecular weight excluding hydrogens is 266 g/mol. The molecule has 0 amide bonds. The topological polar surface area (TPSA) is 20.3 Å². The number of ketones is 1. The molecule has 2 nitrogen and oxygen atoms in total. The van der Waals surface area contributed by atoms with Crippen LogP contribution in [0.15, 0.2) is 12.1 Å². The van der Waals surface area contributed by atoms with Gasteiger partial charge in [0.1, 0.15) is 0 Å². The highest BCUT2D eigenvalue weighted by Crippen LogP contribution is 2.31. The second-order valence-corrected chi connectivity index (χ2v) is 6.82. The molecule has 2 heterocycles. The number of hydrogen-bond donors (Lipinski definition) is 0. The van der Waals surface area contributed by atoms with Gasteiger partial charge in [-0.3, -0.25) is 9.69 Å². The predicted octanol–water partition coefficient (Wildman–Crippen LogP) is 4.24. The average Bonchev–Trinajstić information content (AvgIpc) is 2.84. The van der Waals surface area contributed by atoms with Crippen molar-refractivity contribution >= 4 is 28.7 Å². The average molecular weight is 286 g/mol. The van der Waals surface area contributed by atoms with E-state index in [-0.39, 0.29) is 11.3 Å². The molecule has 0 aliphatic carbocycles. The number of halogens is 1. The Hall–Kier alpha value is -0.380. The second-order valence-electron chi connectivity index (χ2n) is 5.11. The van der Waals surface area contributed by atoms with E-state index in [1.54, 1.807) is 0 Å². The number of hydrogen-bond acceptors (Lipinski definition) is 3. The monoisotopic (exact) mass is 285 g/mol. The first-order valence-corrected chi connectivity index (χ1v) is 7.82. The fraction of sp³-hybridized carbons (Fsp3) is 0.643. The first-order valence-electron chi connectivity index (χ1n) is 6.63. The smallest absolute Gasteiger partial charge is 0.192 e. The third kappa shape index (κ3) is 2.63. The molecule has 1 unspecified atom stereocenters. The van der Waals surface area contributed by atoms with Crippen LogP contribution in [0.3, 0.4) is 0 Å². The lowest BCUT2D eigenvalue weighted by Gasteiger charge is -2.41. The van der Waals surface area contributed by atoms with E-state index in [9.17, 15) is 4.79 Å². The second kappa shape index (κ2) is 5.72. The highest BCUT2D eigenvalue weighted by molar-refractivity contribution is 7.18. The predicted molar refractivity (Wildman–Crippen MR) is 77.8 cm³/mol. The summed E-state index contributed by atoms with van der Waals surface area (Å²) in [6.07, 6.45) is 4.54. The van der Waals surface area contributed by atoms with Gasteiger partial charge in [0.05, 0.1) is 14.8 Å². The van der Waals surface area contributed by atoms with Gasteiger partial charge in [-0.25, -0.2) is 0 Å². The Bertz CT molecular complexity index is 425. The van der Waals surface area contributed by atoms with E-state index in [1.807, 2.05) is 12.1 Å². The lowest BCUT2D eigenvalue weighted by atomic mass is 9.88.